The predicted molar refractivity (Wildman–Crippen MR) is 78.3 cm³/mol. The summed E-state index contributed by atoms with van der Waals surface area (Å²) < 4.78 is 13.8. The van der Waals surface area contributed by atoms with Gasteiger partial charge in [0, 0.05) is 5.69 Å². The molecule has 1 aromatic carbocycles. The lowest BCUT2D eigenvalue weighted by atomic mass is 10.2. The van der Waals surface area contributed by atoms with Crippen LogP contribution in [0.15, 0.2) is 30.3 Å². The van der Waals surface area contributed by atoms with Crippen LogP contribution in [0, 0.1) is 16.3 Å². The molecule has 0 fully saturated rings. The highest BCUT2D eigenvalue weighted by atomic mass is 127. The second-order valence-corrected chi connectivity index (χ2v) is 4.99. The van der Waals surface area contributed by atoms with Gasteiger partial charge in [0.25, 0.3) is 0 Å². The minimum atomic E-state index is -1.03. The molecular weight excluding hydrogens is 362 g/mol. The number of carboxylic acids is 1. The third kappa shape index (κ3) is 3.19. The van der Waals surface area contributed by atoms with E-state index in [0.717, 1.165) is 0 Å². The molecule has 0 saturated carbocycles. The van der Waals surface area contributed by atoms with Crippen LogP contribution in [0.5, 0.6) is 0 Å². The number of hydrogen-bond donors (Lipinski definition) is 2. The normalized spacial score (nSPS) is 10.3. The molecule has 2 aromatic rings. The van der Waals surface area contributed by atoms with E-state index in [0.29, 0.717) is 20.8 Å². The maximum atomic E-state index is 13.4. The number of nitrogens with one attached hydrogen (secondary N) is 1. The third-order valence-corrected chi connectivity index (χ3v) is 3.51. The molecule has 0 aliphatic carbocycles. The van der Waals surface area contributed by atoms with E-state index in [2.05, 4.69) is 10.3 Å². The van der Waals surface area contributed by atoms with Gasteiger partial charge in [-0.2, -0.15) is 0 Å². The van der Waals surface area contributed by atoms with Crippen molar-refractivity contribution in [2.75, 3.05) is 5.32 Å². The average molecular weight is 372 g/mol. The van der Waals surface area contributed by atoms with Gasteiger partial charge >= 0.3 is 5.97 Å². The van der Waals surface area contributed by atoms with Crippen LogP contribution >= 0.6 is 22.6 Å². The third-order valence-electron chi connectivity index (χ3n) is 2.41. The van der Waals surface area contributed by atoms with Gasteiger partial charge in [-0.05, 0) is 53.8 Å². The number of aryl methyl sites for hydroxylation is 1. The molecule has 98 valence electrons. The Labute approximate surface area is 122 Å². The SMILES string of the molecule is Cc1cc(C(=O)O)cc(Nc2cccc(F)c2I)n1. The van der Waals surface area contributed by atoms with Gasteiger partial charge in [0.15, 0.2) is 0 Å². The van der Waals surface area contributed by atoms with E-state index in [1.54, 1.807) is 19.1 Å². The highest BCUT2D eigenvalue weighted by molar-refractivity contribution is 14.1. The van der Waals surface area contributed by atoms with Crippen LogP contribution in [-0.2, 0) is 0 Å². The summed E-state index contributed by atoms with van der Waals surface area (Å²) in [7, 11) is 0. The Balaban J connectivity index is 2.38. The Hall–Kier alpha value is -1.70. The number of nitrogens with zero attached hydrogens (tertiary/aromatic N) is 1. The molecule has 0 bridgehead atoms. The van der Waals surface area contributed by atoms with Crippen molar-refractivity contribution in [2.45, 2.75) is 6.92 Å². The summed E-state index contributed by atoms with van der Waals surface area (Å²) in [5.41, 5.74) is 1.27. The molecule has 0 aliphatic heterocycles. The molecule has 1 aromatic heterocycles. The van der Waals surface area contributed by atoms with Gasteiger partial charge in [-0.15, -0.1) is 0 Å². The first-order chi connectivity index (χ1) is 8.97. The predicted octanol–water partition coefficient (Wildman–Crippen LogP) is 3.58. The highest BCUT2D eigenvalue weighted by Crippen LogP contribution is 2.24. The average Bonchev–Trinajstić information content (AvgIpc) is 2.34. The van der Waals surface area contributed by atoms with Gasteiger partial charge in [0.1, 0.15) is 11.6 Å². The standard InChI is InChI=1S/C13H10FIN2O2/c1-7-5-8(13(18)19)6-11(16-7)17-10-4-2-3-9(14)12(10)15/h2-6H,1H3,(H,16,17)(H,18,19). The quantitative estimate of drug-likeness (QED) is 0.809. The summed E-state index contributed by atoms with van der Waals surface area (Å²) in [6.07, 6.45) is 0. The summed E-state index contributed by atoms with van der Waals surface area (Å²) in [6, 6.07) is 7.53. The van der Waals surface area contributed by atoms with Crippen LogP contribution in [0.3, 0.4) is 0 Å². The van der Waals surface area contributed by atoms with E-state index >= 15 is 0 Å². The molecule has 4 nitrogen and oxygen atoms in total. The van der Waals surface area contributed by atoms with Crippen molar-refractivity contribution in [3.63, 3.8) is 0 Å². The zero-order valence-corrected chi connectivity index (χ0v) is 12.1. The molecule has 6 heteroatoms. The smallest absolute Gasteiger partial charge is 0.335 e. The van der Waals surface area contributed by atoms with Crippen molar-refractivity contribution in [1.29, 1.82) is 0 Å². The van der Waals surface area contributed by atoms with Crippen LogP contribution in [0.2, 0.25) is 0 Å². The molecule has 0 spiro atoms. The van der Waals surface area contributed by atoms with E-state index in [1.165, 1.54) is 18.2 Å². The summed E-state index contributed by atoms with van der Waals surface area (Å²) >= 11 is 1.88. The van der Waals surface area contributed by atoms with Crippen molar-refractivity contribution < 1.29 is 14.3 Å². The largest absolute Gasteiger partial charge is 0.478 e. The molecule has 2 rings (SSSR count). The number of pyridine rings is 1. The van der Waals surface area contributed by atoms with Crippen molar-refractivity contribution in [2.24, 2.45) is 0 Å². The molecule has 0 saturated heterocycles. The number of halogens is 2. The number of carboxylic acid groups (broad SMARTS) is 1. The molecule has 1 heterocycles. The molecule has 0 aliphatic rings. The Kier molecular flexibility index (Phi) is 3.98. The van der Waals surface area contributed by atoms with E-state index in [4.69, 9.17) is 5.11 Å². The number of aromatic nitrogens is 1. The molecule has 19 heavy (non-hydrogen) atoms. The fourth-order valence-corrected chi connectivity index (χ4v) is 2.09. The fourth-order valence-electron chi connectivity index (χ4n) is 1.59. The van der Waals surface area contributed by atoms with Gasteiger partial charge in [-0.1, -0.05) is 6.07 Å². The van der Waals surface area contributed by atoms with Crippen LogP contribution in [-0.4, -0.2) is 16.1 Å². The van der Waals surface area contributed by atoms with Crippen molar-refractivity contribution in [3.8, 4) is 0 Å². The minimum Gasteiger partial charge on any atom is -0.478 e. The summed E-state index contributed by atoms with van der Waals surface area (Å²) in [5.74, 6) is -0.986. The highest BCUT2D eigenvalue weighted by Gasteiger charge is 2.09. The first kappa shape index (κ1) is 13.7. The van der Waals surface area contributed by atoms with Crippen molar-refractivity contribution >= 4 is 40.1 Å². The van der Waals surface area contributed by atoms with Gasteiger partial charge < -0.3 is 10.4 Å². The van der Waals surface area contributed by atoms with Crippen LogP contribution in [0.1, 0.15) is 16.1 Å². The van der Waals surface area contributed by atoms with Gasteiger partial charge in [-0.3, -0.25) is 0 Å². The Morgan fingerprint density at radius 3 is 2.84 bits per heavy atom. The molecule has 0 unspecified atom stereocenters. The number of aromatic carboxylic acids is 1. The molecule has 0 radical (unpaired) electrons. The lowest BCUT2D eigenvalue weighted by molar-refractivity contribution is 0.0696. The van der Waals surface area contributed by atoms with Crippen molar-refractivity contribution in [1.82, 2.24) is 4.98 Å². The van der Waals surface area contributed by atoms with E-state index in [-0.39, 0.29) is 11.4 Å². The van der Waals surface area contributed by atoms with Crippen LogP contribution in [0.25, 0.3) is 0 Å². The summed E-state index contributed by atoms with van der Waals surface area (Å²) in [6.45, 7) is 1.70. The minimum absolute atomic E-state index is 0.140. The monoisotopic (exact) mass is 372 g/mol. The van der Waals surface area contributed by atoms with E-state index in [9.17, 15) is 9.18 Å². The zero-order chi connectivity index (χ0) is 14.0. The van der Waals surface area contributed by atoms with Gasteiger partial charge in [-0.25, -0.2) is 14.2 Å². The summed E-state index contributed by atoms with van der Waals surface area (Å²) in [4.78, 5) is 15.1. The number of rotatable bonds is 3. The Morgan fingerprint density at radius 1 is 1.42 bits per heavy atom. The zero-order valence-electron chi connectivity index (χ0n) is 9.95. The molecular formula is C13H10FIN2O2. The topological polar surface area (TPSA) is 62.2 Å². The van der Waals surface area contributed by atoms with Crippen LogP contribution < -0.4 is 5.32 Å². The number of anilines is 2. The maximum absolute atomic E-state index is 13.4. The summed E-state index contributed by atoms with van der Waals surface area (Å²) in [5, 5.41) is 11.9. The maximum Gasteiger partial charge on any atom is 0.335 e. The first-order valence-electron chi connectivity index (χ1n) is 5.40. The Bertz CT molecular complexity index is 647. The lowest BCUT2D eigenvalue weighted by Gasteiger charge is -2.09. The molecule has 2 N–H and O–H groups in total. The van der Waals surface area contributed by atoms with Gasteiger partial charge in [0.2, 0.25) is 0 Å². The number of carbonyl (C=O) groups is 1. The van der Waals surface area contributed by atoms with E-state index in [1.807, 2.05) is 22.6 Å². The fraction of sp³-hybridized carbons (Fsp3) is 0.0769. The second kappa shape index (κ2) is 5.52. The van der Waals surface area contributed by atoms with Crippen LogP contribution in [0.4, 0.5) is 15.9 Å². The lowest BCUT2D eigenvalue weighted by Crippen LogP contribution is -2.03. The Morgan fingerprint density at radius 2 is 2.16 bits per heavy atom. The number of hydrogen-bond acceptors (Lipinski definition) is 3. The molecule has 0 amide bonds. The van der Waals surface area contributed by atoms with E-state index < -0.39 is 5.97 Å². The first-order valence-corrected chi connectivity index (χ1v) is 6.48. The van der Waals surface area contributed by atoms with Crippen molar-refractivity contribution in [3.05, 3.63) is 51.0 Å². The van der Waals surface area contributed by atoms with Gasteiger partial charge in [0.05, 0.1) is 14.8 Å². The second-order valence-electron chi connectivity index (χ2n) is 3.91. The molecule has 0 atom stereocenters. The number of benzene rings is 1.